The first-order valence-electron chi connectivity index (χ1n) is 10.1. The molecular weight excluding hydrogens is 380 g/mol. The molecule has 0 aliphatic rings. The molecule has 30 heavy (non-hydrogen) atoms. The molecule has 0 bridgehead atoms. The van der Waals surface area contributed by atoms with Crippen molar-refractivity contribution in [3.05, 3.63) is 70.1 Å². The predicted molar refractivity (Wildman–Crippen MR) is 117 cm³/mol. The van der Waals surface area contributed by atoms with Crippen LogP contribution in [0.3, 0.4) is 0 Å². The summed E-state index contributed by atoms with van der Waals surface area (Å²) in [4.78, 5) is 39.1. The van der Waals surface area contributed by atoms with Crippen molar-refractivity contribution in [1.82, 2.24) is 14.7 Å². The zero-order chi connectivity index (χ0) is 21.7. The fourth-order valence-electron chi connectivity index (χ4n) is 3.37. The highest BCUT2D eigenvalue weighted by Gasteiger charge is 2.17. The van der Waals surface area contributed by atoms with Gasteiger partial charge in [0, 0.05) is 37.6 Å². The molecule has 0 unspecified atom stereocenters. The minimum atomic E-state index is -0.382. The number of carbonyl (C=O) groups is 2. The highest BCUT2D eigenvalue weighted by molar-refractivity contribution is 6.11. The Kier molecular flexibility index (Phi) is 6.61. The number of nitrogens with zero attached hydrogens (tertiary/aromatic N) is 3. The monoisotopic (exact) mass is 406 g/mol. The molecule has 1 heterocycles. The molecule has 156 valence electrons. The van der Waals surface area contributed by atoms with Crippen LogP contribution in [0.1, 0.15) is 43.2 Å². The fraction of sp³-hybridized carbons (Fsp3) is 0.304. The number of aromatic nitrogens is 2. The molecule has 0 atom stereocenters. The van der Waals surface area contributed by atoms with E-state index in [-0.39, 0.29) is 23.1 Å². The molecular formula is C23H26N4O3. The quantitative estimate of drug-likeness (QED) is 0.652. The van der Waals surface area contributed by atoms with Crippen molar-refractivity contribution in [2.45, 2.75) is 40.3 Å². The molecule has 1 N–H and O–H groups in total. The van der Waals surface area contributed by atoms with Gasteiger partial charge in [-0.15, -0.1) is 0 Å². The minimum Gasteiger partial charge on any atom is -0.339 e. The molecule has 3 rings (SSSR count). The molecule has 0 saturated carbocycles. The van der Waals surface area contributed by atoms with Gasteiger partial charge in [0.2, 0.25) is 5.91 Å². The number of anilines is 1. The molecule has 0 spiro atoms. The van der Waals surface area contributed by atoms with Gasteiger partial charge >= 0.3 is 0 Å². The van der Waals surface area contributed by atoms with E-state index in [0.717, 1.165) is 12.0 Å². The highest BCUT2D eigenvalue weighted by atomic mass is 16.2. The van der Waals surface area contributed by atoms with E-state index >= 15 is 0 Å². The Morgan fingerprint density at radius 1 is 1.07 bits per heavy atom. The van der Waals surface area contributed by atoms with E-state index < -0.39 is 0 Å². The average Bonchev–Trinajstić information content (AvgIpc) is 2.74. The van der Waals surface area contributed by atoms with Crippen LogP contribution in [0, 0.1) is 0 Å². The Morgan fingerprint density at radius 2 is 1.80 bits per heavy atom. The molecule has 0 aliphatic heterocycles. The Labute approximate surface area is 175 Å². The van der Waals surface area contributed by atoms with Gasteiger partial charge in [-0.25, -0.2) is 4.68 Å². The Balaban J connectivity index is 1.92. The van der Waals surface area contributed by atoms with Crippen LogP contribution < -0.4 is 10.9 Å². The fourth-order valence-corrected chi connectivity index (χ4v) is 3.37. The van der Waals surface area contributed by atoms with Crippen LogP contribution in [-0.4, -0.2) is 33.0 Å². The maximum Gasteiger partial charge on any atom is 0.276 e. The molecule has 0 radical (unpaired) electrons. The van der Waals surface area contributed by atoms with Gasteiger partial charge in [0.1, 0.15) is 0 Å². The lowest BCUT2D eigenvalue weighted by molar-refractivity contribution is -0.129. The van der Waals surface area contributed by atoms with Gasteiger partial charge in [-0.05, 0) is 37.1 Å². The van der Waals surface area contributed by atoms with Crippen LogP contribution in [0.25, 0.3) is 10.8 Å². The summed E-state index contributed by atoms with van der Waals surface area (Å²) in [5.41, 5.74) is 1.53. The Hall–Kier alpha value is -3.48. The number of hydrogen-bond acceptors (Lipinski definition) is 4. The van der Waals surface area contributed by atoms with Crippen LogP contribution in [0.5, 0.6) is 0 Å². The number of rotatable bonds is 7. The predicted octanol–water partition coefficient (Wildman–Crippen LogP) is 3.43. The maximum absolute atomic E-state index is 13.0. The van der Waals surface area contributed by atoms with E-state index in [0.29, 0.717) is 36.1 Å². The molecule has 7 nitrogen and oxygen atoms in total. The SMILES string of the molecule is CCCn1nc(C(=O)Nc2cccc(CN(CC)C(C)=O)c2)c2ccccc2c1=O. The Bertz CT molecular complexity index is 1140. The van der Waals surface area contributed by atoms with Gasteiger partial charge in [-0.2, -0.15) is 5.10 Å². The van der Waals surface area contributed by atoms with Crippen molar-refractivity contribution in [2.24, 2.45) is 0 Å². The van der Waals surface area contributed by atoms with E-state index in [1.54, 1.807) is 35.2 Å². The molecule has 3 aromatic rings. The van der Waals surface area contributed by atoms with E-state index in [9.17, 15) is 14.4 Å². The van der Waals surface area contributed by atoms with Crippen molar-refractivity contribution < 1.29 is 9.59 Å². The molecule has 2 amide bonds. The van der Waals surface area contributed by atoms with E-state index in [1.807, 2.05) is 32.0 Å². The number of benzene rings is 2. The number of aryl methyl sites for hydroxylation is 1. The summed E-state index contributed by atoms with van der Waals surface area (Å²) < 4.78 is 1.35. The van der Waals surface area contributed by atoms with Gasteiger partial charge < -0.3 is 10.2 Å². The van der Waals surface area contributed by atoms with Crippen LogP contribution in [0.2, 0.25) is 0 Å². The Morgan fingerprint density at radius 3 is 2.47 bits per heavy atom. The number of carbonyl (C=O) groups excluding carboxylic acids is 2. The number of hydrogen-bond donors (Lipinski definition) is 1. The van der Waals surface area contributed by atoms with E-state index in [4.69, 9.17) is 0 Å². The zero-order valence-electron chi connectivity index (χ0n) is 17.5. The molecule has 0 aliphatic carbocycles. The smallest absolute Gasteiger partial charge is 0.276 e. The topological polar surface area (TPSA) is 84.3 Å². The van der Waals surface area contributed by atoms with Crippen molar-refractivity contribution in [1.29, 1.82) is 0 Å². The van der Waals surface area contributed by atoms with Crippen molar-refractivity contribution >= 4 is 28.3 Å². The number of amides is 2. The minimum absolute atomic E-state index is 0.000731. The lowest BCUT2D eigenvalue weighted by atomic mass is 10.1. The van der Waals surface area contributed by atoms with Crippen LogP contribution in [0.4, 0.5) is 5.69 Å². The second-order valence-corrected chi connectivity index (χ2v) is 7.11. The van der Waals surface area contributed by atoms with Crippen molar-refractivity contribution in [3.63, 3.8) is 0 Å². The zero-order valence-corrected chi connectivity index (χ0v) is 17.5. The highest BCUT2D eigenvalue weighted by Crippen LogP contribution is 2.17. The van der Waals surface area contributed by atoms with Crippen LogP contribution >= 0.6 is 0 Å². The van der Waals surface area contributed by atoms with E-state index in [1.165, 1.54) is 11.6 Å². The third-order valence-electron chi connectivity index (χ3n) is 4.90. The first kappa shape index (κ1) is 21.2. The molecule has 0 fully saturated rings. The third kappa shape index (κ3) is 4.56. The lowest BCUT2D eigenvalue weighted by Gasteiger charge is -2.19. The van der Waals surface area contributed by atoms with Crippen molar-refractivity contribution in [2.75, 3.05) is 11.9 Å². The normalized spacial score (nSPS) is 10.8. The van der Waals surface area contributed by atoms with Gasteiger partial charge in [-0.1, -0.05) is 37.3 Å². The summed E-state index contributed by atoms with van der Waals surface area (Å²) in [5, 5.41) is 8.21. The maximum atomic E-state index is 13.0. The number of fused-ring (bicyclic) bond motifs is 1. The summed E-state index contributed by atoms with van der Waals surface area (Å²) in [7, 11) is 0. The summed E-state index contributed by atoms with van der Waals surface area (Å²) in [6, 6.07) is 14.4. The van der Waals surface area contributed by atoms with Crippen LogP contribution in [-0.2, 0) is 17.9 Å². The third-order valence-corrected chi connectivity index (χ3v) is 4.90. The first-order valence-corrected chi connectivity index (χ1v) is 10.1. The second kappa shape index (κ2) is 9.35. The molecule has 0 saturated heterocycles. The summed E-state index contributed by atoms with van der Waals surface area (Å²) in [6.07, 6.45) is 0.735. The largest absolute Gasteiger partial charge is 0.339 e. The second-order valence-electron chi connectivity index (χ2n) is 7.11. The first-order chi connectivity index (χ1) is 14.4. The van der Waals surface area contributed by atoms with Gasteiger partial charge in [0.05, 0.1) is 5.39 Å². The summed E-state index contributed by atoms with van der Waals surface area (Å²) >= 11 is 0. The van der Waals surface area contributed by atoms with Gasteiger partial charge in [0.15, 0.2) is 5.69 Å². The van der Waals surface area contributed by atoms with E-state index in [2.05, 4.69) is 10.4 Å². The molecule has 1 aromatic heterocycles. The summed E-state index contributed by atoms with van der Waals surface area (Å²) in [6.45, 7) is 6.94. The van der Waals surface area contributed by atoms with Crippen LogP contribution in [0.15, 0.2) is 53.3 Å². The molecule has 2 aromatic carbocycles. The lowest BCUT2D eigenvalue weighted by Crippen LogP contribution is -2.28. The number of nitrogens with one attached hydrogen (secondary N) is 1. The average molecular weight is 406 g/mol. The standard InChI is InChI=1S/C23H26N4O3/c1-4-13-27-23(30)20-12-7-6-11-19(20)21(25-27)22(29)24-18-10-8-9-17(14-18)15-26(5-2)16(3)28/h6-12,14H,4-5,13,15H2,1-3H3,(H,24,29). The van der Waals surface area contributed by atoms with Gasteiger partial charge in [0.25, 0.3) is 11.5 Å². The molecule has 7 heteroatoms. The summed E-state index contributed by atoms with van der Waals surface area (Å²) in [5.74, 6) is -0.382. The van der Waals surface area contributed by atoms with Crippen molar-refractivity contribution in [3.8, 4) is 0 Å². The van der Waals surface area contributed by atoms with Gasteiger partial charge in [-0.3, -0.25) is 14.4 Å².